The van der Waals surface area contributed by atoms with Gasteiger partial charge in [-0.05, 0) is 26.2 Å². The van der Waals surface area contributed by atoms with Crippen LogP contribution in [0.1, 0.15) is 26.2 Å². The number of hydrogen-bond donors (Lipinski definition) is 1. The zero-order valence-corrected chi connectivity index (χ0v) is 9.09. The molecule has 0 unspecified atom stereocenters. The highest BCUT2D eigenvalue weighted by Gasteiger charge is 2.31. The van der Waals surface area contributed by atoms with Gasteiger partial charge >= 0.3 is 0 Å². The number of nitrogens with zero attached hydrogens (tertiary/aromatic N) is 1. The van der Waals surface area contributed by atoms with Crippen LogP contribution in [0, 0.1) is 0 Å². The van der Waals surface area contributed by atoms with E-state index in [1.165, 1.54) is 6.92 Å². The third kappa shape index (κ3) is 2.24. The van der Waals surface area contributed by atoms with Gasteiger partial charge in [0, 0.05) is 6.54 Å². The maximum absolute atomic E-state index is 11.6. The van der Waals surface area contributed by atoms with Gasteiger partial charge in [-0.1, -0.05) is 0 Å². The molecular weight excluding hydrogens is 204 g/mol. The third-order valence-corrected chi connectivity index (χ3v) is 4.15. The van der Waals surface area contributed by atoms with Crippen LogP contribution in [0.2, 0.25) is 0 Å². The zero-order valence-electron chi connectivity index (χ0n) is 8.27. The van der Waals surface area contributed by atoms with E-state index in [1.54, 1.807) is 0 Å². The smallest absolute Gasteiger partial charge is 0.252 e. The van der Waals surface area contributed by atoms with Crippen LogP contribution in [0.25, 0.3) is 0 Å². The second kappa shape index (κ2) is 4.27. The van der Waals surface area contributed by atoms with E-state index in [0.29, 0.717) is 12.8 Å². The predicted octanol–water partition coefficient (Wildman–Crippen LogP) is -0.324. The summed E-state index contributed by atoms with van der Waals surface area (Å²) in [6, 6.07) is -0.654. The molecule has 5 nitrogen and oxygen atoms in total. The van der Waals surface area contributed by atoms with Crippen LogP contribution in [0.4, 0.5) is 0 Å². The maximum atomic E-state index is 11.6. The molecule has 0 bridgehead atoms. The molecule has 1 atom stereocenters. The molecule has 82 valence electrons. The quantitative estimate of drug-likeness (QED) is 0.691. The topological polar surface area (TPSA) is 80.5 Å². The zero-order chi connectivity index (χ0) is 10.8. The summed E-state index contributed by atoms with van der Waals surface area (Å²) >= 11 is 0. The Morgan fingerprint density at radius 2 is 2.14 bits per heavy atom. The number of hydrogen-bond acceptors (Lipinski definition) is 4. The van der Waals surface area contributed by atoms with Crippen molar-refractivity contribution < 1.29 is 13.2 Å². The van der Waals surface area contributed by atoms with Crippen LogP contribution in [0.5, 0.6) is 0 Å². The SMILES string of the molecule is CCS(=O)(=O)N1CCCC[C@@H](N)C1=O. The van der Waals surface area contributed by atoms with Crippen LogP contribution < -0.4 is 5.73 Å². The minimum absolute atomic E-state index is 0.0501. The van der Waals surface area contributed by atoms with Gasteiger partial charge < -0.3 is 5.73 Å². The first kappa shape index (κ1) is 11.5. The molecule has 1 aliphatic heterocycles. The Balaban J connectivity index is 2.91. The Labute approximate surface area is 84.3 Å². The molecule has 0 aromatic rings. The third-order valence-electron chi connectivity index (χ3n) is 2.39. The molecular formula is C8H16N2O3S. The van der Waals surface area contributed by atoms with E-state index in [2.05, 4.69) is 0 Å². The fourth-order valence-electron chi connectivity index (χ4n) is 1.47. The highest BCUT2D eigenvalue weighted by molar-refractivity contribution is 7.89. The summed E-state index contributed by atoms with van der Waals surface area (Å²) in [6.07, 6.45) is 2.09. The Bertz CT molecular complexity index is 313. The molecule has 2 N–H and O–H groups in total. The standard InChI is InChI=1S/C8H16N2O3S/c1-2-14(12,13)10-6-4-3-5-7(9)8(10)11/h7H,2-6,9H2,1H3/t7-/m1/s1. The molecule has 0 aromatic heterocycles. The van der Waals surface area contributed by atoms with Gasteiger partial charge in [0.15, 0.2) is 0 Å². The average molecular weight is 220 g/mol. The summed E-state index contributed by atoms with van der Waals surface area (Å²) in [5.41, 5.74) is 5.56. The Kier molecular flexibility index (Phi) is 3.49. The second-order valence-corrected chi connectivity index (χ2v) is 5.60. The van der Waals surface area contributed by atoms with Crippen molar-refractivity contribution in [3.8, 4) is 0 Å². The summed E-state index contributed by atoms with van der Waals surface area (Å²) in [6.45, 7) is 1.81. The van der Waals surface area contributed by atoms with Crippen LogP contribution >= 0.6 is 0 Å². The van der Waals surface area contributed by atoms with Crippen molar-refractivity contribution in [2.45, 2.75) is 32.2 Å². The van der Waals surface area contributed by atoms with E-state index in [-0.39, 0.29) is 12.3 Å². The number of rotatable bonds is 2. The molecule has 0 aromatic carbocycles. The van der Waals surface area contributed by atoms with E-state index < -0.39 is 22.0 Å². The summed E-state index contributed by atoms with van der Waals surface area (Å²) in [7, 11) is -3.42. The summed E-state index contributed by atoms with van der Waals surface area (Å²) < 4.78 is 24.0. The molecule has 1 heterocycles. The van der Waals surface area contributed by atoms with Gasteiger partial charge in [-0.25, -0.2) is 12.7 Å². The Morgan fingerprint density at radius 1 is 1.50 bits per heavy atom. The van der Waals surface area contributed by atoms with Gasteiger partial charge in [0.25, 0.3) is 5.91 Å². The van der Waals surface area contributed by atoms with E-state index in [9.17, 15) is 13.2 Å². The molecule has 0 spiro atoms. The van der Waals surface area contributed by atoms with Crippen molar-refractivity contribution in [2.24, 2.45) is 5.73 Å². The van der Waals surface area contributed by atoms with Crippen molar-refractivity contribution in [3.05, 3.63) is 0 Å². The van der Waals surface area contributed by atoms with Crippen LogP contribution in [0.3, 0.4) is 0 Å². The predicted molar refractivity (Wildman–Crippen MR) is 53.0 cm³/mol. The Hall–Kier alpha value is -0.620. The van der Waals surface area contributed by atoms with Crippen molar-refractivity contribution >= 4 is 15.9 Å². The van der Waals surface area contributed by atoms with E-state index in [1.807, 2.05) is 0 Å². The molecule has 1 aliphatic rings. The fraction of sp³-hybridized carbons (Fsp3) is 0.875. The first-order valence-electron chi connectivity index (χ1n) is 4.79. The van der Waals surface area contributed by atoms with Gasteiger partial charge in [0.1, 0.15) is 0 Å². The number of amides is 1. The van der Waals surface area contributed by atoms with Crippen molar-refractivity contribution in [1.29, 1.82) is 0 Å². The van der Waals surface area contributed by atoms with Gasteiger partial charge in [0.2, 0.25) is 10.0 Å². The highest BCUT2D eigenvalue weighted by atomic mass is 32.2. The molecule has 1 fully saturated rings. The van der Waals surface area contributed by atoms with Gasteiger partial charge in [-0.2, -0.15) is 0 Å². The van der Waals surface area contributed by atoms with E-state index >= 15 is 0 Å². The van der Waals surface area contributed by atoms with Crippen LogP contribution in [-0.4, -0.2) is 37.0 Å². The molecule has 0 saturated carbocycles. The lowest BCUT2D eigenvalue weighted by molar-refractivity contribution is -0.127. The largest absolute Gasteiger partial charge is 0.320 e. The van der Waals surface area contributed by atoms with Gasteiger partial charge in [0.05, 0.1) is 11.8 Å². The molecule has 1 rings (SSSR count). The number of carbonyl (C=O) groups excluding carboxylic acids is 1. The molecule has 0 aliphatic carbocycles. The monoisotopic (exact) mass is 220 g/mol. The molecule has 1 amide bonds. The lowest BCUT2D eigenvalue weighted by atomic mass is 10.1. The first-order valence-corrected chi connectivity index (χ1v) is 6.40. The second-order valence-electron chi connectivity index (χ2n) is 3.41. The molecule has 14 heavy (non-hydrogen) atoms. The number of sulfonamides is 1. The molecule has 6 heteroatoms. The fourth-order valence-corrected chi connectivity index (χ4v) is 2.60. The molecule has 0 radical (unpaired) electrons. The average Bonchev–Trinajstić information content (AvgIpc) is 2.30. The highest BCUT2D eigenvalue weighted by Crippen LogP contribution is 2.14. The van der Waals surface area contributed by atoms with Crippen molar-refractivity contribution in [2.75, 3.05) is 12.3 Å². The van der Waals surface area contributed by atoms with E-state index in [0.717, 1.165) is 10.7 Å². The maximum Gasteiger partial charge on any atom is 0.252 e. The Morgan fingerprint density at radius 3 is 2.71 bits per heavy atom. The van der Waals surface area contributed by atoms with E-state index in [4.69, 9.17) is 5.73 Å². The normalized spacial score (nSPS) is 24.9. The molecule has 1 saturated heterocycles. The van der Waals surface area contributed by atoms with Crippen molar-refractivity contribution in [3.63, 3.8) is 0 Å². The van der Waals surface area contributed by atoms with Gasteiger partial charge in [-0.15, -0.1) is 0 Å². The van der Waals surface area contributed by atoms with Crippen LogP contribution in [-0.2, 0) is 14.8 Å². The lowest BCUT2D eigenvalue weighted by Gasteiger charge is -2.21. The number of carbonyl (C=O) groups is 1. The summed E-state index contributed by atoms with van der Waals surface area (Å²) in [5, 5.41) is 0. The van der Waals surface area contributed by atoms with Gasteiger partial charge in [-0.3, -0.25) is 4.79 Å². The lowest BCUT2D eigenvalue weighted by Crippen LogP contribution is -2.45. The summed E-state index contributed by atoms with van der Waals surface area (Å²) in [5.74, 6) is -0.504. The van der Waals surface area contributed by atoms with Crippen molar-refractivity contribution in [1.82, 2.24) is 4.31 Å². The minimum Gasteiger partial charge on any atom is -0.320 e. The number of nitrogens with two attached hydrogens (primary N) is 1. The van der Waals surface area contributed by atoms with Crippen LogP contribution in [0.15, 0.2) is 0 Å². The first-order chi connectivity index (χ1) is 6.49. The minimum atomic E-state index is -3.42. The summed E-state index contributed by atoms with van der Waals surface area (Å²) in [4.78, 5) is 11.6.